The van der Waals surface area contributed by atoms with Crippen molar-refractivity contribution in [1.82, 2.24) is 0 Å². The highest BCUT2D eigenvalue weighted by atomic mass is 15.5. The van der Waals surface area contributed by atoms with Gasteiger partial charge in [-0.15, -0.1) is 0 Å². The summed E-state index contributed by atoms with van der Waals surface area (Å²) in [7, 11) is 17.1. The quantitative estimate of drug-likeness (QED) is 0.156. The van der Waals surface area contributed by atoms with Crippen LogP contribution >= 0.6 is 0 Å². The third-order valence-electron chi connectivity index (χ3n) is 45.5. The Hall–Kier alpha value is -0.440. The molecule has 0 amide bonds. The van der Waals surface area contributed by atoms with Gasteiger partial charge in [-0.2, -0.15) is 0 Å². The summed E-state index contributed by atoms with van der Waals surface area (Å²) >= 11 is 0. The van der Waals surface area contributed by atoms with Crippen LogP contribution in [0.3, 0.4) is 0 Å². The van der Waals surface area contributed by atoms with Crippen LogP contribution in [0.25, 0.3) is 0 Å². The van der Waals surface area contributed by atoms with E-state index in [1.807, 2.05) is 0 Å². The van der Waals surface area contributed by atoms with Crippen molar-refractivity contribution >= 4 is 0 Å². The number of likely N-dealkylation sites (tertiary alicyclic amines) is 10. The second-order valence-corrected chi connectivity index (χ2v) is 61.8. The summed E-state index contributed by atoms with van der Waals surface area (Å²) in [6.45, 7) is 134. The van der Waals surface area contributed by atoms with Gasteiger partial charge in [0.1, 0.15) is 0 Å². The molecule has 0 aromatic carbocycles. The van der Waals surface area contributed by atoms with Crippen molar-refractivity contribution in [3.8, 4) is 0 Å². The summed E-state index contributed by atoms with van der Waals surface area (Å²) in [6, 6.07) is 13.6. The topological polar surface area (TPSA) is 4.44 Å². The number of nitrogens with one attached hydrogen (secondary N) is 1. The van der Waals surface area contributed by atoms with Crippen LogP contribution in [0.5, 0.6) is 0 Å². The summed E-state index contributed by atoms with van der Waals surface area (Å²) < 4.78 is 13.1. The highest BCUT2D eigenvalue weighted by Crippen LogP contribution is 2.49. The van der Waals surface area contributed by atoms with E-state index in [0.717, 1.165) is 126 Å². The molecule has 0 aliphatic carbocycles. The molecule has 2 bridgehead atoms. The lowest BCUT2D eigenvalue weighted by atomic mass is 9.70. The molecule has 0 radical (unpaired) electrons. The molecule has 13 saturated heterocycles. The minimum atomic E-state index is 0.406. The number of piperidine rings is 10. The molecule has 13 aliphatic heterocycles. The van der Waals surface area contributed by atoms with Gasteiger partial charge >= 0.3 is 0 Å². The second-order valence-electron chi connectivity index (χ2n) is 61.8. The van der Waals surface area contributed by atoms with Gasteiger partial charge in [-0.05, 0) is 420 Å². The molecule has 6 atom stereocenters. The predicted molar refractivity (Wildman–Crippen MR) is 638 cm³/mol. The van der Waals surface area contributed by atoms with Crippen LogP contribution in [-0.2, 0) is 0 Å². The minimum Gasteiger partial charge on any atom is -0.324 e. The van der Waals surface area contributed by atoms with Gasteiger partial charge in [0, 0.05) is 74.0 Å². The molecule has 0 saturated carbocycles. The Balaban J connectivity index is 0.000000530. The molecule has 1 N–H and O–H groups in total. The largest absolute Gasteiger partial charge is 0.324 e. The third kappa shape index (κ3) is 37.7. The van der Waals surface area contributed by atoms with Crippen molar-refractivity contribution < 1.29 is 49.7 Å². The number of hydrogen-bond donors (Lipinski definition) is 1. The molecule has 11 nitrogen and oxygen atoms in total. The lowest BCUT2D eigenvalue weighted by molar-refractivity contribution is -1.02. The SMILES string of the molecule is CC(C)C1CCCC(C(C)C)[N+]1(C)C(C)C.CC(C)[N+]1(C)C(C(C)(C)C)CCCC1C(C)(C)C.CC(C)[N+]1(C)C(C)(C)CCCC1(C)C.CC(C)[N+]1(C)CCCCC1.CC(C)[N+]1(C)CCCCCC1.CC(C)[N+]12CCC(CC1)CC2.CC(C)[NH+]1C(C)(C)CCCCC1(C)C.CC1CC(C)[N+](C)(C(C)C)C(C)C1.CC1CC[N+](C)(C(C)C)CC1.CC[N+]1(C(C)C)CCC(C)CC1.CC[N+]1(C(C)C)CCCCCC1. The fourth-order valence-corrected chi connectivity index (χ4v) is 32.5. The predicted octanol–water partition coefficient (Wildman–Crippen LogP) is 32.2. The van der Waals surface area contributed by atoms with E-state index in [9.17, 15) is 0 Å². The van der Waals surface area contributed by atoms with Crippen molar-refractivity contribution in [3.63, 3.8) is 0 Å². The van der Waals surface area contributed by atoms with Crippen LogP contribution in [0.1, 0.15) is 537 Å². The smallest absolute Gasteiger partial charge is 0.0941 e. The Morgan fingerprint density at radius 3 is 0.824 bits per heavy atom. The fraction of sp³-hybridized carbons (Fsp3) is 1.00. The zero-order valence-corrected chi connectivity index (χ0v) is 109. The molecule has 850 valence electrons. The van der Waals surface area contributed by atoms with Crippen molar-refractivity contribution in [1.29, 1.82) is 0 Å². The van der Waals surface area contributed by atoms with Crippen molar-refractivity contribution in [3.05, 3.63) is 0 Å². The molecule has 0 aromatic heterocycles. The molecule has 13 aliphatic rings. The molecular formula is C131H282N11+11. The van der Waals surface area contributed by atoms with E-state index in [0.29, 0.717) is 45.1 Å². The summed E-state index contributed by atoms with van der Waals surface area (Å²) in [5, 5.41) is 0. The van der Waals surface area contributed by atoms with E-state index >= 15 is 0 Å². The van der Waals surface area contributed by atoms with Gasteiger partial charge in [-0.25, -0.2) is 0 Å². The number of rotatable bonds is 15. The van der Waals surface area contributed by atoms with Crippen LogP contribution in [0.2, 0.25) is 0 Å². The van der Waals surface area contributed by atoms with Gasteiger partial charge in [0.2, 0.25) is 0 Å². The lowest BCUT2D eigenvalue weighted by Crippen LogP contribution is -3.27. The summed E-state index contributed by atoms with van der Waals surface area (Å²) in [5.74, 6) is 5.60. The van der Waals surface area contributed by atoms with Crippen LogP contribution in [0.15, 0.2) is 0 Å². The van der Waals surface area contributed by atoms with Gasteiger partial charge in [-0.3, -0.25) is 0 Å². The Morgan fingerprint density at radius 2 is 0.563 bits per heavy atom. The minimum absolute atomic E-state index is 0.406. The van der Waals surface area contributed by atoms with Crippen LogP contribution in [0, 0.1) is 46.3 Å². The average molecular weight is 2010 g/mol. The monoisotopic (exact) mass is 2010 g/mol. The van der Waals surface area contributed by atoms with Crippen molar-refractivity contribution in [2.75, 3.05) is 148 Å². The normalized spacial score (nSPS) is 33.7. The maximum atomic E-state index is 2.52. The van der Waals surface area contributed by atoms with Crippen LogP contribution in [0.4, 0.5) is 0 Å². The van der Waals surface area contributed by atoms with E-state index in [4.69, 9.17) is 0 Å². The molecule has 13 fully saturated rings. The van der Waals surface area contributed by atoms with Gasteiger partial charge in [0.05, 0.1) is 272 Å². The zero-order chi connectivity index (χ0) is 110. The van der Waals surface area contributed by atoms with E-state index in [1.165, 1.54) is 355 Å². The van der Waals surface area contributed by atoms with E-state index < -0.39 is 0 Å². The van der Waals surface area contributed by atoms with Gasteiger partial charge in [-0.1, -0.05) is 90.0 Å². The Bertz CT molecular complexity index is 3180. The van der Waals surface area contributed by atoms with Gasteiger partial charge in [0.25, 0.3) is 0 Å². The first-order chi connectivity index (χ1) is 64.9. The standard InChI is InChI=1S/C17H36N.C15H32N.C13H28N.C13H27N.C12H26N.2C11H24N.C10H20N.2C10H22N.C9H20N/c1-13(2)18(9)14(16(3,4)5)11-10-12-15(18)17(6,7)8;1-11(2)14-9-8-10-15(12(3)4)16(14,7)13(5)6;1-11(2)14(7)12(3,4)9-8-10-13(14,5)6;1-11(2)14-12(3,4)9-7-8-10-13(14,5)6;1-9(2)13(6)11(4)7-10(3)8-12(13)5;1-5-12(10(2)3)8-6-11(4)7-9-12;1-4-12(11(2)3)9-7-5-6-8-10-12;1-9(2)11-6-3-10(4-7-11)5-8-11;1-9(2)11(4)7-5-10(3)6-8-11;1-10(2)11(3)8-6-4-5-7-9-11;1-9(2)10(3)7-5-4-6-8-10/h13-15H,10-12H2,1-9H3;11-15H,8-10H2,1-7H3;11H,8-10H2,1-7H3;11H,7-10H2,1-6H3;9-12H,7-8H2,1-6H3;10-11H,5-9H2,1-4H3;11H,4-10H2,1-3H3;9-10H,3-8H2,1-2H3;9-10H,5-8H2,1-4H3;10H,4-9H2,1-3H3;9H,4-8H2,1-3H3/q3*+1;;7*+1/p+1. The maximum absolute atomic E-state index is 2.52. The second kappa shape index (κ2) is 58.9. The Labute approximate surface area is 900 Å². The summed E-state index contributed by atoms with van der Waals surface area (Å²) in [5.41, 5.74) is 2.57. The molecule has 13 rings (SSSR count). The van der Waals surface area contributed by atoms with E-state index in [2.05, 4.69) is 375 Å². The maximum Gasteiger partial charge on any atom is 0.0941 e. The number of fused-ring (bicyclic) bond motifs is 3. The molecule has 11 heteroatoms. The molecular weight excluding hydrogens is 1730 g/mol. The van der Waals surface area contributed by atoms with Crippen LogP contribution < -0.4 is 4.90 Å². The first kappa shape index (κ1) is 138. The Morgan fingerprint density at radius 1 is 0.268 bits per heavy atom. The van der Waals surface area contributed by atoms with Crippen molar-refractivity contribution in [2.24, 2.45) is 46.3 Å². The van der Waals surface area contributed by atoms with Gasteiger partial charge < -0.3 is 49.7 Å². The first-order valence-electron chi connectivity index (χ1n) is 63.3. The average Bonchev–Trinajstić information content (AvgIpc) is 0.908. The zero-order valence-electron chi connectivity index (χ0n) is 109. The van der Waals surface area contributed by atoms with Gasteiger partial charge in [0.15, 0.2) is 0 Å². The van der Waals surface area contributed by atoms with Crippen molar-refractivity contribution in [2.45, 2.75) is 662 Å². The summed E-state index contributed by atoms with van der Waals surface area (Å²) in [6.07, 6.45) is 47.2. The molecule has 142 heavy (non-hydrogen) atoms. The first-order valence-corrected chi connectivity index (χ1v) is 63.3. The molecule has 0 aromatic rings. The van der Waals surface area contributed by atoms with E-state index in [1.54, 1.807) is 4.90 Å². The highest BCUT2D eigenvalue weighted by molar-refractivity contribution is 4.90. The number of nitrogens with zero attached hydrogens (tertiary/aromatic N) is 10. The third-order valence-corrected chi connectivity index (χ3v) is 45.5. The van der Waals surface area contributed by atoms with E-state index in [-0.39, 0.29) is 0 Å². The number of hydrogen-bond acceptors (Lipinski definition) is 0. The lowest BCUT2D eigenvalue weighted by Gasteiger charge is -2.62. The fourth-order valence-electron chi connectivity index (χ4n) is 32.5. The Kier molecular flexibility index (Phi) is 57.1. The molecule has 6 unspecified atom stereocenters. The molecule has 0 spiro atoms. The summed E-state index contributed by atoms with van der Waals surface area (Å²) in [4.78, 5) is 1.79. The van der Waals surface area contributed by atoms with Crippen LogP contribution in [-0.4, -0.2) is 317 Å². The highest BCUT2D eigenvalue weighted by Gasteiger charge is 2.57. The molecule has 13 heterocycles. The number of quaternary nitrogens is 11.